The molecule has 114 valence electrons. The highest BCUT2D eigenvalue weighted by Crippen LogP contribution is 2.56. The van der Waals surface area contributed by atoms with E-state index in [1.54, 1.807) is 6.33 Å². The van der Waals surface area contributed by atoms with Crippen molar-refractivity contribution in [3.63, 3.8) is 0 Å². The third-order valence-electron chi connectivity index (χ3n) is 5.85. The summed E-state index contributed by atoms with van der Waals surface area (Å²) in [4.78, 5) is 8.90. The van der Waals surface area contributed by atoms with E-state index in [0.29, 0.717) is 5.54 Å². The summed E-state index contributed by atoms with van der Waals surface area (Å²) in [5, 5.41) is 7.20. The molecule has 5 rings (SSSR count). The summed E-state index contributed by atoms with van der Waals surface area (Å²) < 4.78 is 0. The molecule has 0 atom stereocenters. The Labute approximate surface area is 127 Å². The van der Waals surface area contributed by atoms with Gasteiger partial charge in [-0.2, -0.15) is 0 Å². The van der Waals surface area contributed by atoms with Gasteiger partial charge in [-0.05, 0) is 70.1 Å². The maximum atomic E-state index is 4.54. The Bertz CT molecular complexity index is 504. The van der Waals surface area contributed by atoms with Gasteiger partial charge in [0.15, 0.2) is 0 Å². The van der Waals surface area contributed by atoms with Gasteiger partial charge in [0.2, 0.25) is 0 Å². The van der Waals surface area contributed by atoms with E-state index in [2.05, 4.69) is 34.4 Å². The second kappa shape index (κ2) is 4.85. The van der Waals surface area contributed by atoms with Crippen LogP contribution >= 0.6 is 0 Å². The number of hydrogen-bond donors (Lipinski definition) is 2. The van der Waals surface area contributed by atoms with Gasteiger partial charge in [-0.1, -0.05) is 0 Å². The van der Waals surface area contributed by atoms with Crippen LogP contribution in [0.4, 0.5) is 11.6 Å². The van der Waals surface area contributed by atoms with Crippen LogP contribution in [0.15, 0.2) is 6.33 Å². The van der Waals surface area contributed by atoms with E-state index in [9.17, 15) is 0 Å². The normalized spacial score (nSPS) is 36.8. The predicted molar refractivity (Wildman–Crippen MR) is 85.5 cm³/mol. The highest BCUT2D eigenvalue weighted by molar-refractivity contribution is 5.57. The molecular weight excluding hydrogens is 260 g/mol. The van der Waals surface area contributed by atoms with E-state index in [1.165, 1.54) is 38.5 Å². The number of rotatable bonds is 4. The molecule has 4 heteroatoms. The Balaban J connectivity index is 1.60. The monoisotopic (exact) mass is 286 g/mol. The minimum absolute atomic E-state index is 0.317. The van der Waals surface area contributed by atoms with E-state index in [4.69, 9.17) is 0 Å². The van der Waals surface area contributed by atoms with Crippen molar-refractivity contribution < 1.29 is 0 Å². The van der Waals surface area contributed by atoms with E-state index in [-0.39, 0.29) is 0 Å². The fraction of sp³-hybridized carbons (Fsp3) is 0.765. The average molecular weight is 286 g/mol. The molecule has 0 spiro atoms. The molecule has 21 heavy (non-hydrogen) atoms. The van der Waals surface area contributed by atoms with E-state index < -0.39 is 0 Å². The van der Waals surface area contributed by atoms with Crippen LogP contribution in [0.1, 0.15) is 51.0 Å². The lowest BCUT2D eigenvalue weighted by molar-refractivity contribution is 0.0105. The first-order chi connectivity index (χ1) is 10.2. The first kappa shape index (κ1) is 13.4. The molecule has 4 nitrogen and oxygen atoms in total. The number of nitrogens with one attached hydrogen (secondary N) is 2. The molecule has 4 saturated carbocycles. The summed E-state index contributed by atoms with van der Waals surface area (Å²) in [5.41, 5.74) is 1.48. The van der Waals surface area contributed by atoms with Crippen LogP contribution in [0.2, 0.25) is 0 Å². The largest absolute Gasteiger partial charge is 0.370 e. The summed E-state index contributed by atoms with van der Waals surface area (Å²) in [6, 6.07) is 0. The van der Waals surface area contributed by atoms with E-state index in [1.807, 2.05) is 0 Å². The van der Waals surface area contributed by atoms with Crippen molar-refractivity contribution in [3.05, 3.63) is 11.9 Å². The maximum Gasteiger partial charge on any atom is 0.134 e. The highest BCUT2D eigenvalue weighted by atomic mass is 15.1. The molecule has 1 heterocycles. The lowest BCUT2D eigenvalue weighted by Crippen LogP contribution is -2.55. The number of hydrogen-bond acceptors (Lipinski definition) is 4. The van der Waals surface area contributed by atoms with Crippen molar-refractivity contribution in [2.24, 2.45) is 17.8 Å². The Morgan fingerprint density at radius 1 is 1.05 bits per heavy atom. The first-order valence-electron chi connectivity index (χ1n) is 8.51. The Kier molecular flexibility index (Phi) is 3.09. The van der Waals surface area contributed by atoms with Gasteiger partial charge in [0.1, 0.15) is 18.0 Å². The molecule has 0 aromatic carbocycles. The molecule has 1 aromatic rings. The second-order valence-corrected chi connectivity index (χ2v) is 7.55. The molecule has 0 saturated heterocycles. The molecular formula is C17H26N4. The summed E-state index contributed by atoms with van der Waals surface area (Å²) in [6.07, 6.45) is 10.2. The molecule has 4 bridgehead atoms. The Morgan fingerprint density at radius 2 is 1.62 bits per heavy atom. The molecule has 0 aliphatic heterocycles. The molecule has 0 amide bonds. The summed E-state index contributed by atoms with van der Waals surface area (Å²) in [6.45, 7) is 5.13. The predicted octanol–water partition coefficient (Wildman–Crippen LogP) is 3.60. The van der Waals surface area contributed by atoms with Gasteiger partial charge in [0.05, 0.1) is 0 Å². The summed E-state index contributed by atoms with van der Waals surface area (Å²) in [7, 11) is 0. The smallest absolute Gasteiger partial charge is 0.134 e. The van der Waals surface area contributed by atoms with Gasteiger partial charge in [-0.15, -0.1) is 0 Å². The van der Waals surface area contributed by atoms with Gasteiger partial charge in [-0.3, -0.25) is 0 Å². The zero-order valence-corrected chi connectivity index (χ0v) is 13.2. The fourth-order valence-corrected chi connectivity index (χ4v) is 5.44. The average Bonchev–Trinajstić information content (AvgIpc) is 2.42. The third kappa shape index (κ3) is 2.29. The van der Waals surface area contributed by atoms with Gasteiger partial charge >= 0.3 is 0 Å². The zero-order valence-electron chi connectivity index (χ0n) is 13.2. The van der Waals surface area contributed by atoms with Crippen LogP contribution in [0.5, 0.6) is 0 Å². The standard InChI is InChI=1S/C17H26N4/c1-3-18-15-11(2)16(20-10-19-15)21-17-7-12-4-13(8-17)6-14(5-12)9-17/h10,12-14H,3-9H2,1-2H3,(H2,18,19,20,21). The third-order valence-corrected chi connectivity index (χ3v) is 5.85. The van der Waals surface area contributed by atoms with Crippen molar-refractivity contribution >= 4 is 11.6 Å². The Morgan fingerprint density at radius 3 is 2.19 bits per heavy atom. The molecule has 0 radical (unpaired) electrons. The number of anilines is 2. The van der Waals surface area contributed by atoms with Gasteiger partial charge < -0.3 is 10.6 Å². The summed E-state index contributed by atoms with van der Waals surface area (Å²) in [5.74, 6) is 4.89. The van der Waals surface area contributed by atoms with Crippen LogP contribution in [-0.4, -0.2) is 22.1 Å². The van der Waals surface area contributed by atoms with Crippen LogP contribution in [0, 0.1) is 24.7 Å². The highest BCUT2D eigenvalue weighted by Gasteiger charge is 2.51. The van der Waals surface area contributed by atoms with Crippen molar-refractivity contribution in [1.82, 2.24) is 9.97 Å². The second-order valence-electron chi connectivity index (χ2n) is 7.55. The summed E-state index contributed by atoms with van der Waals surface area (Å²) >= 11 is 0. The number of aromatic nitrogens is 2. The van der Waals surface area contributed by atoms with Crippen molar-refractivity contribution in [3.8, 4) is 0 Å². The lowest BCUT2D eigenvalue weighted by atomic mass is 9.53. The lowest BCUT2D eigenvalue weighted by Gasteiger charge is -2.57. The van der Waals surface area contributed by atoms with Gasteiger partial charge in [0, 0.05) is 17.6 Å². The molecule has 2 N–H and O–H groups in total. The minimum atomic E-state index is 0.317. The van der Waals surface area contributed by atoms with Gasteiger partial charge in [-0.25, -0.2) is 9.97 Å². The van der Waals surface area contributed by atoms with Crippen LogP contribution in [0.25, 0.3) is 0 Å². The van der Waals surface area contributed by atoms with Crippen LogP contribution in [0.3, 0.4) is 0 Å². The van der Waals surface area contributed by atoms with Gasteiger partial charge in [0.25, 0.3) is 0 Å². The zero-order chi connectivity index (χ0) is 14.4. The quantitative estimate of drug-likeness (QED) is 0.888. The minimum Gasteiger partial charge on any atom is -0.370 e. The van der Waals surface area contributed by atoms with Crippen LogP contribution in [-0.2, 0) is 0 Å². The molecule has 0 unspecified atom stereocenters. The Hall–Kier alpha value is -1.32. The molecule has 4 aliphatic rings. The van der Waals surface area contributed by atoms with Crippen molar-refractivity contribution in [2.45, 2.75) is 57.9 Å². The topological polar surface area (TPSA) is 49.8 Å². The number of nitrogens with zero attached hydrogens (tertiary/aromatic N) is 2. The fourth-order valence-electron chi connectivity index (χ4n) is 5.44. The maximum absolute atomic E-state index is 4.54. The first-order valence-corrected chi connectivity index (χ1v) is 8.51. The van der Waals surface area contributed by atoms with Crippen LogP contribution < -0.4 is 10.6 Å². The molecule has 1 aromatic heterocycles. The molecule has 4 fully saturated rings. The van der Waals surface area contributed by atoms with E-state index in [0.717, 1.165) is 41.5 Å². The van der Waals surface area contributed by atoms with Crippen molar-refractivity contribution in [1.29, 1.82) is 0 Å². The molecule has 4 aliphatic carbocycles. The van der Waals surface area contributed by atoms with Crippen molar-refractivity contribution in [2.75, 3.05) is 17.2 Å². The SMILES string of the molecule is CCNc1ncnc(NC23CC4CC(CC(C4)C2)C3)c1C. The van der Waals surface area contributed by atoms with E-state index >= 15 is 0 Å².